The molecule has 2 amide bonds. The van der Waals surface area contributed by atoms with Crippen molar-refractivity contribution in [1.82, 2.24) is 9.80 Å². The smallest absolute Gasteiger partial charge is 0.256 e. The largest absolute Gasteiger partial charge is 0.496 e. The van der Waals surface area contributed by atoms with Crippen molar-refractivity contribution in [2.24, 2.45) is 0 Å². The molecule has 1 saturated heterocycles. The molecule has 0 spiro atoms. The maximum atomic E-state index is 13.8. The topological polar surface area (TPSA) is 49.9 Å². The molecule has 0 saturated carbocycles. The molecular formula is C20H20F2N2O3. The van der Waals surface area contributed by atoms with Gasteiger partial charge in [0.05, 0.1) is 12.7 Å². The molecule has 0 aromatic heterocycles. The highest BCUT2D eigenvalue weighted by Gasteiger charge is 2.27. The van der Waals surface area contributed by atoms with E-state index in [9.17, 15) is 18.4 Å². The predicted octanol–water partition coefficient (Wildman–Crippen LogP) is 2.88. The number of nitrogens with zero attached hydrogens (tertiary/aromatic N) is 2. The molecule has 7 heteroatoms. The molecule has 0 unspecified atom stereocenters. The Kier molecular flexibility index (Phi) is 5.39. The van der Waals surface area contributed by atoms with Gasteiger partial charge in [0.1, 0.15) is 17.4 Å². The van der Waals surface area contributed by atoms with E-state index in [2.05, 4.69) is 0 Å². The SMILES string of the molecule is COc1ccc(C(=O)N2CCN(C(=O)c3ccc(F)cc3F)CC2)cc1C. The Morgan fingerprint density at radius 3 is 2.11 bits per heavy atom. The Morgan fingerprint density at radius 1 is 0.926 bits per heavy atom. The van der Waals surface area contributed by atoms with Gasteiger partial charge in [0, 0.05) is 37.8 Å². The van der Waals surface area contributed by atoms with Gasteiger partial charge in [-0.05, 0) is 42.8 Å². The van der Waals surface area contributed by atoms with E-state index in [0.717, 1.165) is 17.7 Å². The van der Waals surface area contributed by atoms with Crippen LogP contribution in [0.25, 0.3) is 0 Å². The number of hydrogen-bond donors (Lipinski definition) is 0. The van der Waals surface area contributed by atoms with E-state index < -0.39 is 17.5 Å². The lowest BCUT2D eigenvalue weighted by molar-refractivity contribution is 0.0532. The standard InChI is InChI=1S/C20H20F2N2O3/c1-13-11-14(3-6-18(13)27-2)19(25)23-7-9-24(10-8-23)20(26)16-5-4-15(21)12-17(16)22/h3-6,11-12H,7-10H2,1-2H3. The number of methoxy groups -OCH3 is 1. The van der Waals surface area contributed by atoms with E-state index in [4.69, 9.17) is 4.74 Å². The number of ether oxygens (including phenoxy) is 1. The van der Waals surface area contributed by atoms with Gasteiger partial charge >= 0.3 is 0 Å². The number of carbonyl (C=O) groups is 2. The summed E-state index contributed by atoms with van der Waals surface area (Å²) in [6.45, 7) is 3.13. The van der Waals surface area contributed by atoms with Crippen LogP contribution in [0.1, 0.15) is 26.3 Å². The average Bonchev–Trinajstić information content (AvgIpc) is 2.67. The normalized spacial score (nSPS) is 14.2. The van der Waals surface area contributed by atoms with Crippen molar-refractivity contribution in [1.29, 1.82) is 0 Å². The van der Waals surface area contributed by atoms with Crippen LogP contribution >= 0.6 is 0 Å². The molecule has 1 aliphatic rings. The molecule has 142 valence electrons. The van der Waals surface area contributed by atoms with Gasteiger partial charge in [0.25, 0.3) is 11.8 Å². The highest BCUT2D eigenvalue weighted by Crippen LogP contribution is 2.20. The summed E-state index contributed by atoms with van der Waals surface area (Å²) in [5.74, 6) is -1.52. The van der Waals surface area contributed by atoms with E-state index in [0.29, 0.717) is 30.5 Å². The van der Waals surface area contributed by atoms with Crippen LogP contribution in [0.15, 0.2) is 36.4 Å². The first-order valence-electron chi connectivity index (χ1n) is 8.59. The van der Waals surface area contributed by atoms with Crippen LogP contribution in [-0.4, -0.2) is 54.9 Å². The zero-order valence-corrected chi connectivity index (χ0v) is 15.2. The summed E-state index contributed by atoms with van der Waals surface area (Å²) < 4.78 is 32.0. The van der Waals surface area contributed by atoms with Gasteiger partial charge in [-0.1, -0.05) is 0 Å². The predicted molar refractivity (Wildman–Crippen MR) is 95.9 cm³/mol. The molecular weight excluding hydrogens is 354 g/mol. The second-order valence-electron chi connectivity index (χ2n) is 6.39. The fraction of sp³-hybridized carbons (Fsp3) is 0.300. The van der Waals surface area contributed by atoms with Crippen molar-refractivity contribution >= 4 is 11.8 Å². The summed E-state index contributed by atoms with van der Waals surface area (Å²) in [5.41, 5.74) is 1.25. The number of piperazine rings is 1. The number of hydrogen-bond acceptors (Lipinski definition) is 3. The lowest BCUT2D eigenvalue weighted by Gasteiger charge is -2.35. The number of carbonyl (C=O) groups excluding carboxylic acids is 2. The summed E-state index contributed by atoms with van der Waals surface area (Å²) >= 11 is 0. The van der Waals surface area contributed by atoms with Crippen LogP contribution in [0.3, 0.4) is 0 Å². The summed E-state index contributed by atoms with van der Waals surface area (Å²) in [6.07, 6.45) is 0. The highest BCUT2D eigenvalue weighted by molar-refractivity contribution is 5.96. The third kappa shape index (κ3) is 3.92. The zero-order chi connectivity index (χ0) is 19.6. The van der Waals surface area contributed by atoms with Gasteiger partial charge in [-0.15, -0.1) is 0 Å². The maximum absolute atomic E-state index is 13.8. The second-order valence-corrected chi connectivity index (χ2v) is 6.39. The first kappa shape index (κ1) is 18.8. The van der Waals surface area contributed by atoms with Crippen molar-refractivity contribution < 1.29 is 23.1 Å². The Bertz CT molecular complexity index is 878. The van der Waals surface area contributed by atoms with E-state index in [1.165, 1.54) is 4.90 Å². The van der Waals surface area contributed by atoms with E-state index in [1.54, 1.807) is 30.2 Å². The quantitative estimate of drug-likeness (QED) is 0.830. The molecule has 2 aromatic rings. The minimum absolute atomic E-state index is 0.124. The molecule has 27 heavy (non-hydrogen) atoms. The monoisotopic (exact) mass is 374 g/mol. The number of aryl methyl sites for hydroxylation is 1. The first-order chi connectivity index (χ1) is 12.9. The molecule has 0 atom stereocenters. The maximum Gasteiger partial charge on any atom is 0.256 e. The van der Waals surface area contributed by atoms with Gasteiger partial charge in [-0.3, -0.25) is 9.59 Å². The Balaban J connectivity index is 1.65. The van der Waals surface area contributed by atoms with Gasteiger partial charge in [0.2, 0.25) is 0 Å². The third-order valence-electron chi connectivity index (χ3n) is 4.66. The number of rotatable bonds is 3. The molecule has 0 N–H and O–H groups in total. The van der Waals surface area contributed by atoms with Crippen molar-refractivity contribution in [2.75, 3.05) is 33.3 Å². The molecule has 1 fully saturated rings. The molecule has 3 rings (SSSR count). The minimum atomic E-state index is -0.882. The van der Waals surface area contributed by atoms with Crippen LogP contribution < -0.4 is 4.74 Å². The Morgan fingerprint density at radius 2 is 1.56 bits per heavy atom. The summed E-state index contributed by atoms with van der Waals surface area (Å²) in [5, 5.41) is 0. The lowest BCUT2D eigenvalue weighted by Crippen LogP contribution is -2.50. The first-order valence-corrected chi connectivity index (χ1v) is 8.59. The number of halogens is 2. The molecule has 0 radical (unpaired) electrons. The van der Waals surface area contributed by atoms with Crippen LogP contribution in [0, 0.1) is 18.6 Å². The molecule has 5 nitrogen and oxygen atoms in total. The second kappa shape index (κ2) is 7.73. The lowest BCUT2D eigenvalue weighted by atomic mass is 10.1. The van der Waals surface area contributed by atoms with Crippen molar-refractivity contribution in [3.63, 3.8) is 0 Å². The van der Waals surface area contributed by atoms with Gasteiger partial charge in [-0.25, -0.2) is 8.78 Å². The summed E-state index contributed by atoms with van der Waals surface area (Å²) in [4.78, 5) is 28.2. The molecule has 2 aromatic carbocycles. The Hall–Kier alpha value is -2.96. The van der Waals surface area contributed by atoms with Gasteiger partial charge in [0.15, 0.2) is 0 Å². The molecule has 0 bridgehead atoms. The number of benzene rings is 2. The Labute approximate surface area is 156 Å². The van der Waals surface area contributed by atoms with Gasteiger partial charge < -0.3 is 14.5 Å². The fourth-order valence-corrected chi connectivity index (χ4v) is 3.14. The van der Waals surface area contributed by atoms with Crippen LogP contribution in [0.4, 0.5) is 8.78 Å². The van der Waals surface area contributed by atoms with Crippen LogP contribution in [0.2, 0.25) is 0 Å². The van der Waals surface area contributed by atoms with E-state index in [1.807, 2.05) is 6.92 Å². The molecule has 0 aliphatic carbocycles. The fourth-order valence-electron chi connectivity index (χ4n) is 3.14. The third-order valence-corrected chi connectivity index (χ3v) is 4.66. The van der Waals surface area contributed by atoms with Gasteiger partial charge in [-0.2, -0.15) is 0 Å². The average molecular weight is 374 g/mol. The summed E-state index contributed by atoms with van der Waals surface area (Å²) in [7, 11) is 1.57. The van der Waals surface area contributed by atoms with Crippen LogP contribution in [-0.2, 0) is 0 Å². The summed E-state index contributed by atoms with van der Waals surface area (Å²) in [6, 6.07) is 8.12. The van der Waals surface area contributed by atoms with E-state index in [-0.39, 0.29) is 24.6 Å². The molecule has 1 heterocycles. The van der Waals surface area contributed by atoms with E-state index >= 15 is 0 Å². The highest BCUT2D eigenvalue weighted by atomic mass is 19.1. The van der Waals surface area contributed by atoms with Crippen molar-refractivity contribution in [3.8, 4) is 5.75 Å². The minimum Gasteiger partial charge on any atom is -0.496 e. The number of amides is 2. The van der Waals surface area contributed by atoms with Crippen molar-refractivity contribution in [3.05, 3.63) is 64.7 Å². The zero-order valence-electron chi connectivity index (χ0n) is 15.2. The van der Waals surface area contributed by atoms with Crippen molar-refractivity contribution in [2.45, 2.75) is 6.92 Å². The van der Waals surface area contributed by atoms with Crippen LogP contribution in [0.5, 0.6) is 5.75 Å². The molecule has 1 aliphatic heterocycles.